The summed E-state index contributed by atoms with van der Waals surface area (Å²) in [6.07, 6.45) is 0.560. The Morgan fingerprint density at radius 2 is 2.03 bits per heavy atom. The van der Waals surface area contributed by atoms with Crippen molar-refractivity contribution in [2.24, 2.45) is 0 Å². The molecule has 3 amide bonds. The van der Waals surface area contributed by atoms with Gasteiger partial charge in [0, 0.05) is 42.3 Å². The van der Waals surface area contributed by atoms with Crippen LogP contribution in [0.25, 0.3) is 11.6 Å². The number of likely N-dealkylation sites (N-methyl/N-ethyl adjacent to an activating group) is 1. The molecule has 0 saturated heterocycles. The van der Waals surface area contributed by atoms with Crippen molar-refractivity contribution in [1.29, 1.82) is 0 Å². The second kappa shape index (κ2) is 8.40. The summed E-state index contributed by atoms with van der Waals surface area (Å²) >= 11 is 0. The number of hydrogen-bond donors (Lipinski definition) is 4. The lowest BCUT2D eigenvalue weighted by atomic mass is 10.0. The highest BCUT2D eigenvalue weighted by Gasteiger charge is 2.26. The van der Waals surface area contributed by atoms with E-state index >= 15 is 0 Å². The molecule has 0 bridgehead atoms. The van der Waals surface area contributed by atoms with Gasteiger partial charge in [-0.3, -0.25) is 9.59 Å². The van der Waals surface area contributed by atoms with Gasteiger partial charge in [-0.15, -0.1) is 0 Å². The minimum atomic E-state index is -1.04. The topological polar surface area (TPSA) is 115 Å². The van der Waals surface area contributed by atoms with Crippen molar-refractivity contribution < 1.29 is 23.9 Å². The number of benzene rings is 1. The van der Waals surface area contributed by atoms with E-state index in [2.05, 4.69) is 15.6 Å². The monoisotopic (exact) mass is 414 g/mol. The Labute approximate surface area is 172 Å². The number of H-pyrrole nitrogens is 1. The predicted octanol–water partition coefficient (Wildman–Crippen LogP) is 2.99. The molecule has 0 fully saturated rings. The molecule has 9 heteroatoms. The molecule has 8 nitrogen and oxygen atoms in total. The van der Waals surface area contributed by atoms with Crippen molar-refractivity contribution in [3.8, 4) is 0 Å². The number of rotatable bonds is 6. The van der Waals surface area contributed by atoms with Gasteiger partial charge < -0.3 is 25.6 Å². The van der Waals surface area contributed by atoms with Gasteiger partial charge in [-0.25, -0.2) is 9.18 Å². The molecule has 158 valence electrons. The van der Waals surface area contributed by atoms with Crippen LogP contribution < -0.4 is 10.6 Å². The third kappa shape index (κ3) is 4.05. The quantitative estimate of drug-likeness (QED) is 0.544. The van der Waals surface area contributed by atoms with Crippen molar-refractivity contribution in [2.75, 3.05) is 25.0 Å². The summed E-state index contributed by atoms with van der Waals surface area (Å²) in [5.41, 5.74) is 3.55. The number of carbonyl (C=O) groups is 3. The molecule has 0 aliphatic carbocycles. The van der Waals surface area contributed by atoms with Crippen molar-refractivity contribution in [2.45, 2.75) is 20.8 Å². The smallest absolute Gasteiger partial charge is 0.407 e. The van der Waals surface area contributed by atoms with Crippen LogP contribution in [0, 0.1) is 19.7 Å². The molecule has 1 aliphatic rings. The minimum absolute atomic E-state index is 0.175. The molecule has 0 radical (unpaired) electrons. The second-order valence-corrected chi connectivity index (χ2v) is 6.98. The average Bonchev–Trinajstić information content (AvgIpc) is 3.14. The van der Waals surface area contributed by atoms with E-state index in [1.807, 2.05) is 0 Å². The number of halogens is 1. The van der Waals surface area contributed by atoms with Gasteiger partial charge in [0.1, 0.15) is 5.82 Å². The zero-order valence-electron chi connectivity index (χ0n) is 16.9. The Balaban J connectivity index is 1.82. The van der Waals surface area contributed by atoms with Crippen molar-refractivity contribution in [3.05, 3.63) is 52.1 Å². The van der Waals surface area contributed by atoms with E-state index in [1.54, 1.807) is 26.8 Å². The normalized spacial score (nSPS) is 13.9. The van der Waals surface area contributed by atoms with E-state index in [4.69, 9.17) is 5.11 Å². The second-order valence-electron chi connectivity index (χ2n) is 6.98. The van der Waals surface area contributed by atoms with Gasteiger partial charge in [0.2, 0.25) is 0 Å². The minimum Gasteiger partial charge on any atom is -0.465 e. The van der Waals surface area contributed by atoms with E-state index in [9.17, 15) is 18.8 Å². The fourth-order valence-electron chi connectivity index (χ4n) is 3.49. The largest absolute Gasteiger partial charge is 0.465 e. The van der Waals surface area contributed by atoms with Crippen LogP contribution in [-0.4, -0.2) is 52.5 Å². The Morgan fingerprint density at radius 1 is 1.30 bits per heavy atom. The van der Waals surface area contributed by atoms with Crippen LogP contribution in [-0.2, 0) is 4.79 Å². The van der Waals surface area contributed by atoms with E-state index in [1.165, 1.54) is 23.1 Å². The summed E-state index contributed by atoms with van der Waals surface area (Å²) < 4.78 is 13.6. The number of carboxylic acid groups (broad SMARTS) is 1. The number of anilines is 1. The lowest BCUT2D eigenvalue weighted by Crippen LogP contribution is -2.37. The molecular formula is C21H23FN4O4. The first-order valence-corrected chi connectivity index (χ1v) is 9.51. The van der Waals surface area contributed by atoms with Crippen molar-refractivity contribution >= 4 is 35.2 Å². The molecule has 1 aliphatic heterocycles. The zero-order chi connectivity index (χ0) is 22.0. The first-order chi connectivity index (χ1) is 14.2. The molecule has 3 rings (SSSR count). The summed E-state index contributed by atoms with van der Waals surface area (Å²) in [6.45, 7) is 5.89. The van der Waals surface area contributed by atoms with Crippen LogP contribution >= 0.6 is 0 Å². The summed E-state index contributed by atoms with van der Waals surface area (Å²) in [5.74, 6) is -1.13. The zero-order valence-corrected chi connectivity index (χ0v) is 16.9. The molecule has 0 atom stereocenters. The fourth-order valence-corrected chi connectivity index (χ4v) is 3.49. The number of nitrogens with zero attached hydrogens (tertiary/aromatic N) is 1. The van der Waals surface area contributed by atoms with Crippen molar-refractivity contribution in [3.63, 3.8) is 0 Å². The van der Waals surface area contributed by atoms with Crippen LogP contribution in [0.5, 0.6) is 0 Å². The predicted molar refractivity (Wildman–Crippen MR) is 111 cm³/mol. The first kappa shape index (κ1) is 21.1. The van der Waals surface area contributed by atoms with E-state index in [-0.39, 0.29) is 24.9 Å². The third-order valence-electron chi connectivity index (χ3n) is 5.08. The van der Waals surface area contributed by atoms with Crippen LogP contribution in [0.1, 0.15) is 39.8 Å². The number of nitrogens with one attached hydrogen (secondary N) is 3. The number of fused-ring (bicyclic) bond motifs is 1. The number of aromatic amines is 1. The van der Waals surface area contributed by atoms with Gasteiger partial charge in [0.15, 0.2) is 0 Å². The molecule has 30 heavy (non-hydrogen) atoms. The highest BCUT2D eigenvalue weighted by Crippen LogP contribution is 2.34. The van der Waals surface area contributed by atoms with Gasteiger partial charge in [-0.1, -0.05) is 0 Å². The third-order valence-corrected chi connectivity index (χ3v) is 5.08. The Bertz CT molecular complexity index is 1060. The maximum atomic E-state index is 13.6. The lowest BCUT2D eigenvalue weighted by molar-refractivity contribution is -0.110. The maximum Gasteiger partial charge on any atom is 0.407 e. The standard InChI is InChI=1S/C21H23FN4O4/c1-4-26(21(29)30)8-7-23-20(28)18-11(2)17(24-12(18)3)10-15-14-9-13(22)5-6-16(14)25-19(15)27/h5-6,9-10,24H,4,7-8H2,1-3H3,(H,23,28)(H,25,27)(H,29,30)/b15-10-. The molecule has 1 aromatic carbocycles. The lowest BCUT2D eigenvalue weighted by Gasteiger charge is -2.17. The van der Waals surface area contributed by atoms with Gasteiger partial charge in [-0.2, -0.15) is 0 Å². The Morgan fingerprint density at radius 3 is 2.70 bits per heavy atom. The molecule has 0 saturated carbocycles. The van der Waals surface area contributed by atoms with E-state index in [0.717, 1.165) is 0 Å². The fraction of sp³-hybridized carbons (Fsp3) is 0.286. The van der Waals surface area contributed by atoms with Crippen LogP contribution in [0.3, 0.4) is 0 Å². The van der Waals surface area contributed by atoms with Gasteiger partial charge in [0.05, 0.1) is 11.1 Å². The summed E-state index contributed by atoms with van der Waals surface area (Å²) in [6, 6.07) is 4.07. The Kier molecular flexibility index (Phi) is 5.91. The van der Waals surface area contributed by atoms with Gasteiger partial charge in [0.25, 0.3) is 11.8 Å². The molecule has 2 heterocycles. The van der Waals surface area contributed by atoms with Crippen LogP contribution in [0.2, 0.25) is 0 Å². The number of aryl methyl sites for hydroxylation is 1. The summed E-state index contributed by atoms with van der Waals surface area (Å²) in [4.78, 5) is 40.3. The highest BCUT2D eigenvalue weighted by atomic mass is 19.1. The van der Waals surface area contributed by atoms with E-state index < -0.39 is 11.9 Å². The molecule has 1 aromatic heterocycles. The maximum absolute atomic E-state index is 13.6. The Hall–Kier alpha value is -3.62. The number of amides is 3. The summed E-state index contributed by atoms with van der Waals surface area (Å²) in [5, 5.41) is 14.5. The van der Waals surface area contributed by atoms with Gasteiger partial charge >= 0.3 is 6.09 Å². The van der Waals surface area contributed by atoms with Crippen molar-refractivity contribution in [1.82, 2.24) is 15.2 Å². The molecule has 4 N–H and O–H groups in total. The number of carbonyl (C=O) groups excluding carboxylic acids is 2. The molecule has 0 spiro atoms. The number of hydrogen-bond acceptors (Lipinski definition) is 3. The van der Waals surface area contributed by atoms with Crippen LogP contribution in [0.4, 0.5) is 14.9 Å². The first-order valence-electron chi connectivity index (χ1n) is 9.51. The molecular weight excluding hydrogens is 391 g/mol. The molecule has 2 aromatic rings. The summed E-state index contributed by atoms with van der Waals surface area (Å²) in [7, 11) is 0. The average molecular weight is 414 g/mol. The van der Waals surface area contributed by atoms with E-state index in [0.29, 0.717) is 45.9 Å². The SMILES string of the molecule is CCN(CCNC(=O)c1c(C)[nH]c(/C=C2\C(=O)Nc3ccc(F)cc32)c1C)C(=O)O. The highest BCUT2D eigenvalue weighted by molar-refractivity contribution is 6.34. The van der Waals surface area contributed by atoms with Gasteiger partial charge in [-0.05, 0) is 50.6 Å². The number of aromatic nitrogens is 1. The molecule has 0 unspecified atom stereocenters. The van der Waals surface area contributed by atoms with Crippen LogP contribution in [0.15, 0.2) is 18.2 Å².